The highest BCUT2D eigenvalue weighted by atomic mass is 15.1. The quantitative estimate of drug-likeness (QED) is 0.754. The average Bonchev–Trinajstić information content (AvgIpc) is 2.87. The maximum absolute atomic E-state index is 5.59. The van der Waals surface area contributed by atoms with Crippen molar-refractivity contribution in [2.24, 2.45) is 11.7 Å². The molecule has 0 aliphatic rings. The van der Waals surface area contributed by atoms with Gasteiger partial charge in [-0.25, -0.2) is 9.97 Å². The molecule has 0 fully saturated rings. The van der Waals surface area contributed by atoms with E-state index in [4.69, 9.17) is 10.7 Å². The van der Waals surface area contributed by atoms with Crippen molar-refractivity contribution in [3.05, 3.63) is 36.2 Å². The average molecular weight is 283 g/mol. The number of nitrogens with zero attached hydrogens (tertiary/aromatic N) is 3. The molecule has 0 unspecified atom stereocenters. The lowest BCUT2D eigenvalue weighted by molar-refractivity contribution is 0.638. The molecule has 5 heteroatoms. The molecule has 3 aromatic rings. The van der Waals surface area contributed by atoms with Gasteiger partial charge in [0.1, 0.15) is 0 Å². The van der Waals surface area contributed by atoms with Crippen LogP contribution in [0.4, 0.5) is 5.82 Å². The number of hydrogen-bond acceptors (Lipinski definition) is 4. The molecule has 110 valence electrons. The molecule has 0 amide bonds. The first-order valence-electron chi connectivity index (χ1n) is 7.39. The molecule has 0 spiro atoms. The minimum absolute atomic E-state index is 0.570. The fourth-order valence-electron chi connectivity index (χ4n) is 2.54. The first-order chi connectivity index (χ1) is 10.2. The zero-order valence-electron chi connectivity index (χ0n) is 12.5. The van der Waals surface area contributed by atoms with Gasteiger partial charge in [-0.1, -0.05) is 26.0 Å². The number of rotatable bonds is 5. The maximum atomic E-state index is 5.59. The summed E-state index contributed by atoms with van der Waals surface area (Å²) in [4.78, 5) is 9.44. The standard InChI is InChI=1S/C16H21N5/c1-11(2)9-12-10-21-14-6-4-3-5-13(14)20-15(16(21)19-12)18-8-7-17/h3-6,10-11H,7-9,17H2,1-2H3,(H,18,20). The van der Waals surface area contributed by atoms with E-state index in [0.717, 1.165) is 34.6 Å². The third-order valence-electron chi connectivity index (χ3n) is 3.40. The van der Waals surface area contributed by atoms with Crippen LogP contribution in [0.15, 0.2) is 30.5 Å². The number of nitrogens with one attached hydrogen (secondary N) is 1. The van der Waals surface area contributed by atoms with E-state index in [1.54, 1.807) is 0 Å². The fraction of sp³-hybridized carbons (Fsp3) is 0.375. The molecule has 5 nitrogen and oxygen atoms in total. The van der Waals surface area contributed by atoms with Crippen molar-refractivity contribution in [3.8, 4) is 0 Å². The van der Waals surface area contributed by atoms with Crippen LogP contribution in [0.2, 0.25) is 0 Å². The van der Waals surface area contributed by atoms with Gasteiger partial charge >= 0.3 is 0 Å². The summed E-state index contributed by atoms with van der Waals surface area (Å²) in [6, 6.07) is 8.12. The largest absolute Gasteiger partial charge is 0.366 e. The van der Waals surface area contributed by atoms with E-state index in [0.29, 0.717) is 19.0 Å². The monoisotopic (exact) mass is 283 g/mol. The van der Waals surface area contributed by atoms with Crippen molar-refractivity contribution in [3.63, 3.8) is 0 Å². The zero-order valence-corrected chi connectivity index (χ0v) is 12.5. The lowest BCUT2D eigenvalue weighted by Crippen LogP contribution is -2.14. The van der Waals surface area contributed by atoms with Crippen LogP contribution in [-0.4, -0.2) is 27.5 Å². The van der Waals surface area contributed by atoms with Gasteiger partial charge in [-0.3, -0.25) is 4.40 Å². The van der Waals surface area contributed by atoms with Gasteiger partial charge in [0.25, 0.3) is 0 Å². The van der Waals surface area contributed by atoms with E-state index >= 15 is 0 Å². The third kappa shape index (κ3) is 2.69. The minimum atomic E-state index is 0.570. The zero-order chi connectivity index (χ0) is 14.8. The molecule has 0 bridgehead atoms. The Morgan fingerprint density at radius 1 is 1.24 bits per heavy atom. The molecule has 0 radical (unpaired) electrons. The summed E-state index contributed by atoms with van der Waals surface area (Å²) in [6.45, 7) is 5.66. The van der Waals surface area contributed by atoms with E-state index in [1.807, 2.05) is 18.2 Å². The third-order valence-corrected chi connectivity index (χ3v) is 3.40. The van der Waals surface area contributed by atoms with Gasteiger partial charge in [0.05, 0.1) is 16.7 Å². The molecule has 0 aliphatic carbocycles. The van der Waals surface area contributed by atoms with Gasteiger partial charge in [-0.05, 0) is 24.5 Å². The first-order valence-corrected chi connectivity index (χ1v) is 7.39. The maximum Gasteiger partial charge on any atom is 0.180 e. The highest BCUT2D eigenvalue weighted by Crippen LogP contribution is 2.22. The van der Waals surface area contributed by atoms with Crippen molar-refractivity contribution in [1.82, 2.24) is 14.4 Å². The van der Waals surface area contributed by atoms with Gasteiger partial charge < -0.3 is 11.1 Å². The Hall–Kier alpha value is -2.14. The second kappa shape index (κ2) is 5.69. The number of para-hydroxylation sites is 2. The van der Waals surface area contributed by atoms with Crippen LogP contribution in [0, 0.1) is 5.92 Å². The molecule has 21 heavy (non-hydrogen) atoms. The van der Waals surface area contributed by atoms with Crippen LogP contribution < -0.4 is 11.1 Å². The van der Waals surface area contributed by atoms with E-state index in [-0.39, 0.29) is 0 Å². The van der Waals surface area contributed by atoms with Crippen LogP contribution >= 0.6 is 0 Å². The molecule has 0 saturated heterocycles. The van der Waals surface area contributed by atoms with Gasteiger partial charge in [-0.2, -0.15) is 0 Å². The molecule has 2 aromatic heterocycles. The molecule has 1 aromatic carbocycles. The Kier molecular flexibility index (Phi) is 3.75. The molecule has 2 heterocycles. The van der Waals surface area contributed by atoms with Crippen LogP contribution in [0.5, 0.6) is 0 Å². The number of nitrogens with two attached hydrogens (primary N) is 1. The van der Waals surface area contributed by atoms with Crippen LogP contribution in [0.25, 0.3) is 16.7 Å². The van der Waals surface area contributed by atoms with Crippen LogP contribution in [-0.2, 0) is 6.42 Å². The van der Waals surface area contributed by atoms with E-state index in [2.05, 4.69) is 40.8 Å². The highest BCUT2D eigenvalue weighted by molar-refractivity contribution is 5.82. The fourth-order valence-corrected chi connectivity index (χ4v) is 2.54. The lowest BCUT2D eigenvalue weighted by Gasteiger charge is -2.08. The number of hydrogen-bond donors (Lipinski definition) is 2. The summed E-state index contributed by atoms with van der Waals surface area (Å²) >= 11 is 0. The number of fused-ring (bicyclic) bond motifs is 3. The summed E-state index contributed by atoms with van der Waals surface area (Å²) in [5.41, 5.74) is 9.59. The van der Waals surface area contributed by atoms with Gasteiger partial charge in [0.15, 0.2) is 11.5 Å². The molecule has 0 aliphatic heterocycles. The lowest BCUT2D eigenvalue weighted by atomic mass is 10.1. The predicted octanol–water partition coefficient (Wildman–Crippen LogP) is 2.45. The second-order valence-electron chi connectivity index (χ2n) is 5.69. The number of imidazole rings is 1. The van der Waals surface area contributed by atoms with Gasteiger partial charge in [0, 0.05) is 19.3 Å². The van der Waals surface area contributed by atoms with E-state index in [9.17, 15) is 0 Å². The number of aromatic nitrogens is 3. The SMILES string of the molecule is CC(C)Cc1cn2c(n1)c(NCCN)nc1ccccc12. The van der Waals surface area contributed by atoms with E-state index in [1.165, 1.54) is 0 Å². The summed E-state index contributed by atoms with van der Waals surface area (Å²) in [5, 5.41) is 3.28. The molecular weight excluding hydrogens is 262 g/mol. The Balaban J connectivity index is 2.20. The van der Waals surface area contributed by atoms with Crippen molar-refractivity contribution in [1.29, 1.82) is 0 Å². The number of anilines is 1. The summed E-state index contributed by atoms with van der Waals surface area (Å²) in [5.74, 6) is 1.38. The highest BCUT2D eigenvalue weighted by Gasteiger charge is 2.12. The van der Waals surface area contributed by atoms with Gasteiger partial charge in [-0.15, -0.1) is 0 Å². The van der Waals surface area contributed by atoms with Crippen LogP contribution in [0.3, 0.4) is 0 Å². The van der Waals surface area contributed by atoms with Crippen molar-refractivity contribution in [2.45, 2.75) is 20.3 Å². The summed E-state index contributed by atoms with van der Waals surface area (Å²) in [7, 11) is 0. The normalized spacial score (nSPS) is 11.6. The Labute approximate surface area is 124 Å². The van der Waals surface area contributed by atoms with Crippen molar-refractivity contribution < 1.29 is 0 Å². The van der Waals surface area contributed by atoms with Crippen molar-refractivity contribution >= 4 is 22.5 Å². The Morgan fingerprint density at radius 2 is 2.05 bits per heavy atom. The first kappa shape index (κ1) is 13.8. The smallest absolute Gasteiger partial charge is 0.180 e. The predicted molar refractivity (Wildman–Crippen MR) is 86.6 cm³/mol. The minimum Gasteiger partial charge on any atom is -0.366 e. The van der Waals surface area contributed by atoms with Crippen LogP contribution in [0.1, 0.15) is 19.5 Å². The Morgan fingerprint density at radius 3 is 2.81 bits per heavy atom. The summed E-state index contributed by atoms with van der Waals surface area (Å²) < 4.78 is 2.12. The molecule has 0 atom stereocenters. The summed E-state index contributed by atoms with van der Waals surface area (Å²) in [6.07, 6.45) is 3.08. The second-order valence-corrected chi connectivity index (χ2v) is 5.69. The molecular formula is C16H21N5. The number of benzene rings is 1. The topological polar surface area (TPSA) is 68.2 Å². The molecule has 3 rings (SSSR count). The Bertz CT molecular complexity index is 760. The van der Waals surface area contributed by atoms with E-state index < -0.39 is 0 Å². The molecule has 3 N–H and O–H groups in total. The molecule has 0 saturated carbocycles. The van der Waals surface area contributed by atoms with Crippen molar-refractivity contribution in [2.75, 3.05) is 18.4 Å². The van der Waals surface area contributed by atoms with Gasteiger partial charge in [0.2, 0.25) is 0 Å².